The number of carbonyl (C=O) groups is 4. The number of oxime groups is 2. The van der Waals surface area contributed by atoms with Crippen molar-refractivity contribution in [2.24, 2.45) is 23.3 Å². The molecule has 3 aromatic carbocycles. The van der Waals surface area contributed by atoms with Gasteiger partial charge in [0, 0.05) is 59.9 Å². The summed E-state index contributed by atoms with van der Waals surface area (Å²) in [6.07, 6.45) is 8.00. The van der Waals surface area contributed by atoms with Gasteiger partial charge in [0.2, 0.25) is 11.6 Å². The molecule has 1 aliphatic carbocycles. The third-order valence-electron chi connectivity index (χ3n) is 8.62. The Morgan fingerprint density at radius 1 is 0.833 bits per heavy atom. The number of carbonyl (C=O) groups excluding carboxylic acids is 4. The number of hydrogen-bond donors (Lipinski definition) is 0. The van der Waals surface area contributed by atoms with Gasteiger partial charge in [-0.05, 0) is 43.0 Å². The molecule has 0 radical (unpaired) electrons. The summed E-state index contributed by atoms with van der Waals surface area (Å²) in [5.74, 6) is -1.81. The maximum atomic E-state index is 13.9. The van der Waals surface area contributed by atoms with Crippen LogP contribution in [0, 0.1) is 16.0 Å². The molecule has 5 rings (SSSR count). The van der Waals surface area contributed by atoms with Crippen LogP contribution in [-0.2, 0) is 26.3 Å². The van der Waals surface area contributed by atoms with Gasteiger partial charge in [-0.1, -0.05) is 79.2 Å². The van der Waals surface area contributed by atoms with Crippen LogP contribution in [0.5, 0.6) is 0 Å². The SMILES string of the molecule is CC(=O)O/N=C(\CCCCC1CCCC1)C(=O)c1ccc2c(c1)c1cc(C(=O)/C(=N/OC(C)=O)c3ccccc3)cc([N+](=O)[O-])c1n2C. The number of nitro benzene ring substituents is 1. The number of hydrogen-bond acceptors (Lipinski definition) is 10. The van der Waals surface area contributed by atoms with Gasteiger partial charge in [0.25, 0.3) is 5.69 Å². The largest absolute Gasteiger partial charge is 0.338 e. The van der Waals surface area contributed by atoms with Crippen LogP contribution in [0.25, 0.3) is 21.8 Å². The molecule has 12 nitrogen and oxygen atoms in total. The minimum Gasteiger partial charge on any atom is -0.338 e. The second kappa shape index (κ2) is 14.9. The van der Waals surface area contributed by atoms with Gasteiger partial charge in [-0.3, -0.25) is 19.7 Å². The monoisotopic (exact) mass is 652 g/mol. The van der Waals surface area contributed by atoms with E-state index in [1.807, 2.05) is 0 Å². The van der Waals surface area contributed by atoms with Crippen LogP contribution in [0.2, 0.25) is 0 Å². The molecule has 1 fully saturated rings. The minimum atomic E-state index is -0.741. The number of aromatic nitrogens is 1. The summed E-state index contributed by atoms with van der Waals surface area (Å²) in [5.41, 5.74) is 0.921. The van der Waals surface area contributed by atoms with E-state index in [0.29, 0.717) is 40.6 Å². The molecular formula is C36H36N4O8. The predicted molar refractivity (Wildman–Crippen MR) is 180 cm³/mol. The highest BCUT2D eigenvalue weighted by Crippen LogP contribution is 2.36. The summed E-state index contributed by atoms with van der Waals surface area (Å²) in [6, 6.07) is 15.8. The highest BCUT2D eigenvalue weighted by Gasteiger charge is 2.27. The Labute approximate surface area is 276 Å². The first kappa shape index (κ1) is 33.8. The van der Waals surface area contributed by atoms with Gasteiger partial charge < -0.3 is 14.2 Å². The van der Waals surface area contributed by atoms with Gasteiger partial charge in [0.1, 0.15) is 11.2 Å². The van der Waals surface area contributed by atoms with E-state index in [2.05, 4.69) is 10.3 Å². The molecule has 0 aliphatic heterocycles. The van der Waals surface area contributed by atoms with Gasteiger partial charge in [0.05, 0.1) is 4.92 Å². The topological polar surface area (TPSA) is 160 Å². The zero-order chi connectivity index (χ0) is 34.4. The smallest absolute Gasteiger partial charge is 0.332 e. The molecule has 0 bridgehead atoms. The fourth-order valence-corrected chi connectivity index (χ4v) is 6.33. The lowest BCUT2D eigenvalue weighted by atomic mass is 9.96. The number of benzene rings is 3. The number of nitro groups is 1. The van der Waals surface area contributed by atoms with E-state index in [-0.39, 0.29) is 33.8 Å². The highest BCUT2D eigenvalue weighted by atomic mass is 16.7. The highest BCUT2D eigenvalue weighted by molar-refractivity contribution is 6.51. The zero-order valence-electron chi connectivity index (χ0n) is 27.1. The number of ketones is 2. The lowest BCUT2D eigenvalue weighted by Crippen LogP contribution is -2.17. The van der Waals surface area contributed by atoms with Crippen LogP contribution < -0.4 is 0 Å². The average Bonchev–Trinajstić information content (AvgIpc) is 3.69. The molecule has 12 heteroatoms. The molecule has 48 heavy (non-hydrogen) atoms. The summed E-state index contributed by atoms with van der Waals surface area (Å²) >= 11 is 0. The van der Waals surface area contributed by atoms with Gasteiger partial charge in [-0.25, -0.2) is 9.59 Å². The van der Waals surface area contributed by atoms with Gasteiger partial charge in [0.15, 0.2) is 5.71 Å². The molecule has 0 spiro atoms. The first-order valence-corrected chi connectivity index (χ1v) is 15.9. The van der Waals surface area contributed by atoms with E-state index < -0.39 is 28.4 Å². The van der Waals surface area contributed by atoms with Crippen molar-refractivity contribution >= 4 is 62.4 Å². The summed E-state index contributed by atoms with van der Waals surface area (Å²) in [5, 5.41) is 20.9. The van der Waals surface area contributed by atoms with Crippen LogP contribution in [0.3, 0.4) is 0 Å². The Kier molecular flexibility index (Phi) is 10.5. The van der Waals surface area contributed by atoms with Gasteiger partial charge in [-0.15, -0.1) is 0 Å². The lowest BCUT2D eigenvalue weighted by Gasteiger charge is -2.09. The van der Waals surface area contributed by atoms with Crippen molar-refractivity contribution in [2.45, 2.75) is 65.2 Å². The molecule has 0 amide bonds. The fraction of sp³-hybridized carbons (Fsp3) is 0.333. The average molecular weight is 653 g/mol. The fourth-order valence-electron chi connectivity index (χ4n) is 6.33. The van der Waals surface area contributed by atoms with Crippen LogP contribution in [-0.4, -0.2) is 44.4 Å². The number of nitrogens with zero attached hydrogens (tertiary/aromatic N) is 4. The second-order valence-corrected chi connectivity index (χ2v) is 12.0. The van der Waals surface area contributed by atoms with Crippen molar-refractivity contribution in [3.63, 3.8) is 0 Å². The summed E-state index contributed by atoms with van der Waals surface area (Å²) in [4.78, 5) is 72.2. The molecule has 0 atom stereocenters. The molecule has 4 aromatic rings. The van der Waals surface area contributed by atoms with Gasteiger partial charge in [-0.2, -0.15) is 0 Å². The number of fused-ring (bicyclic) bond motifs is 3. The van der Waals surface area contributed by atoms with Crippen molar-refractivity contribution in [3.8, 4) is 0 Å². The Morgan fingerprint density at radius 3 is 2.17 bits per heavy atom. The quantitative estimate of drug-likeness (QED) is 0.0365. The van der Waals surface area contributed by atoms with Crippen LogP contribution in [0.4, 0.5) is 5.69 Å². The normalized spacial score (nSPS) is 14.0. The molecule has 0 unspecified atom stereocenters. The van der Waals surface area contributed by atoms with E-state index in [9.17, 15) is 29.3 Å². The lowest BCUT2D eigenvalue weighted by molar-refractivity contribution is -0.383. The molecule has 1 aromatic heterocycles. The first-order valence-electron chi connectivity index (χ1n) is 15.9. The molecular weight excluding hydrogens is 616 g/mol. The third kappa shape index (κ3) is 7.54. The van der Waals surface area contributed by atoms with Crippen molar-refractivity contribution in [1.82, 2.24) is 4.57 Å². The Balaban J connectivity index is 1.56. The molecule has 1 aliphatic rings. The summed E-state index contributed by atoms with van der Waals surface area (Å²) < 4.78 is 1.63. The van der Waals surface area contributed by atoms with Crippen LogP contribution in [0.15, 0.2) is 71.0 Å². The molecule has 248 valence electrons. The Morgan fingerprint density at radius 2 is 1.50 bits per heavy atom. The number of rotatable bonds is 13. The van der Waals surface area contributed by atoms with Crippen molar-refractivity contribution in [1.29, 1.82) is 0 Å². The zero-order valence-corrected chi connectivity index (χ0v) is 27.1. The molecule has 0 N–H and O–H groups in total. The van der Waals surface area contributed by atoms with Crippen molar-refractivity contribution in [2.75, 3.05) is 0 Å². The van der Waals surface area contributed by atoms with E-state index in [1.54, 1.807) is 60.1 Å². The maximum absolute atomic E-state index is 13.9. The van der Waals surface area contributed by atoms with E-state index in [1.165, 1.54) is 38.7 Å². The first-order chi connectivity index (χ1) is 23.0. The Hall–Kier alpha value is -5.52. The van der Waals surface area contributed by atoms with Crippen LogP contribution >= 0.6 is 0 Å². The minimum absolute atomic E-state index is 0.0624. The van der Waals surface area contributed by atoms with E-state index in [4.69, 9.17) is 9.68 Å². The molecule has 0 saturated heterocycles. The standard InChI is InChI=1S/C36H36N4O8/c1-22(41)47-37-30(16-10-9-13-24-11-7-8-12-24)35(43)26-17-18-31-28(19-26)29-20-27(21-32(40(45)46)34(29)39(31)3)36(44)33(38-48-23(2)42)25-14-5-4-6-15-25/h4-6,14-15,17-21,24H,7-13,16H2,1-3H3/b37-30+,38-33+. The van der Waals surface area contributed by atoms with E-state index >= 15 is 0 Å². The predicted octanol–water partition coefficient (Wildman–Crippen LogP) is 7.24. The summed E-state index contributed by atoms with van der Waals surface area (Å²) in [6.45, 7) is 2.35. The Bertz CT molecular complexity index is 1970. The third-order valence-corrected chi connectivity index (χ3v) is 8.62. The summed E-state index contributed by atoms with van der Waals surface area (Å²) in [7, 11) is 1.66. The molecule has 1 saturated carbocycles. The van der Waals surface area contributed by atoms with Gasteiger partial charge >= 0.3 is 11.9 Å². The number of non-ortho nitro benzene ring substituents is 1. The number of Topliss-reactive ketones (excluding diaryl/α,β-unsaturated/α-hetero) is 2. The number of unbranched alkanes of at least 4 members (excludes halogenated alkanes) is 1. The second-order valence-electron chi connectivity index (χ2n) is 12.0. The van der Waals surface area contributed by atoms with Crippen molar-refractivity contribution < 1.29 is 33.8 Å². The number of aryl methyl sites for hydroxylation is 1. The van der Waals surface area contributed by atoms with Crippen molar-refractivity contribution in [3.05, 3.63) is 87.5 Å². The maximum Gasteiger partial charge on any atom is 0.332 e. The van der Waals surface area contributed by atoms with E-state index in [0.717, 1.165) is 25.8 Å². The van der Waals surface area contributed by atoms with Crippen LogP contribution in [0.1, 0.15) is 91.5 Å². The molecule has 1 heterocycles.